The van der Waals surface area contributed by atoms with Crippen LogP contribution in [-0.4, -0.2) is 19.2 Å². The van der Waals surface area contributed by atoms with E-state index in [9.17, 15) is 8.42 Å². The predicted molar refractivity (Wildman–Crippen MR) is 68.5 cm³/mol. The Balaban J connectivity index is 2.21. The summed E-state index contributed by atoms with van der Waals surface area (Å²) in [6, 6.07) is 3.90. The van der Waals surface area contributed by atoms with Crippen molar-refractivity contribution in [2.75, 3.05) is 10.5 Å². The van der Waals surface area contributed by atoms with E-state index in [4.69, 9.17) is 0 Å². The second-order valence-electron chi connectivity index (χ2n) is 3.02. The van der Waals surface area contributed by atoms with Crippen molar-refractivity contribution in [3.63, 3.8) is 0 Å². The lowest BCUT2D eigenvalue weighted by Crippen LogP contribution is -2.14. The van der Waals surface area contributed by atoms with Crippen molar-refractivity contribution in [1.29, 1.82) is 0 Å². The van der Waals surface area contributed by atoms with Gasteiger partial charge in [-0.3, -0.25) is 4.72 Å². The van der Waals surface area contributed by atoms with Crippen LogP contribution in [0.1, 0.15) is 6.92 Å². The van der Waals surface area contributed by atoms with Crippen molar-refractivity contribution < 1.29 is 8.42 Å². The summed E-state index contributed by atoms with van der Waals surface area (Å²) in [7, 11) is -3.23. The first kappa shape index (κ1) is 11.6. The number of aromatic nitrogens is 1. The molecule has 1 N–H and O–H groups in total. The zero-order valence-electron chi connectivity index (χ0n) is 8.50. The Bertz CT molecular complexity index is 557. The van der Waals surface area contributed by atoms with E-state index in [-0.39, 0.29) is 5.75 Å². The van der Waals surface area contributed by atoms with Crippen LogP contribution in [0, 0.1) is 0 Å². The van der Waals surface area contributed by atoms with Gasteiger partial charge in [0.15, 0.2) is 5.13 Å². The van der Waals surface area contributed by atoms with E-state index < -0.39 is 10.0 Å². The van der Waals surface area contributed by atoms with E-state index in [2.05, 4.69) is 9.71 Å². The summed E-state index contributed by atoms with van der Waals surface area (Å²) in [5, 5.41) is 4.23. The molecule has 0 aliphatic carbocycles. The Kier molecular flexibility index (Phi) is 3.27. The fourth-order valence-electron chi connectivity index (χ4n) is 1.06. The van der Waals surface area contributed by atoms with Crippen LogP contribution < -0.4 is 4.72 Å². The first-order chi connectivity index (χ1) is 7.61. The molecule has 0 aromatic carbocycles. The summed E-state index contributed by atoms with van der Waals surface area (Å²) < 4.78 is 25.1. The van der Waals surface area contributed by atoms with Crippen LogP contribution in [0.3, 0.4) is 0 Å². The van der Waals surface area contributed by atoms with Crippen molar-refractivity contribution in [2.45, 2.75) is 6.92 Å². The van der Waals surface area contributed by atoms with Crippen LogP contribution in [0.2, 0.25) is 0 Å². The van der Waals surface area contributed by atoms with Crippen LogP contribution >= 0.6 is 22.7 Å². The van der Waals surface area contributed by atoms with E-state index in [1.54, 1.807) is 18.3 Å². The normalized spacial score (nSPS) is 11.6. The number of nitrogens with zero attached hydrogens (tertiary/aromatic N) is 1. The van der Waals surface area contributed by atoms with E-state index in [0.29, 0.717) is 5.13 Å². The Morgan fingerprint density at radius 1 is 1.44 bits per heavy atom. The lowest BCUT2D eigenvalue weighted by molar-refractivity contribution is 0.602. The summed E-state index contributed by atoms with van der Waals surface area (Å²) in [6.45, 7) is 1.59. The van der Waals surface area contributed by atoms with Gasteiger partial charge in [0.1, 0.15) is 0 Å². The molecule has 2 heterocycles. The van der Waals surface area contributed by atoms with Gasteiger partial charge < -0.3 is 0 Å². The second kappa shape index (κ2) is 4.52. The highest BCUT2D eigenvalue weighted by atomic mass is 32.2. The van der Waals surface area contributed by atoms with Crippen molar-refractivity contribution in [2.24, 2.45) is 0 Å². The van der Waals surface area contributed by atoms with Gasteiger partial charge in [0.25, 0.3) is 0 Å². The lowest BCUT2D eigenvalue weighted by Gasteiger charge is -1.99. The molecule has 0 atom stereocenters. The first-order valence-corrected chi connectivity index (χ1v) is 8.02. The van der Waals surface area contributed by atoms with Crippen LogP contribution in [0.4, 0.5) is 5.13 Å². The minimum absolute atomic E-state index is 0.0565. The molecule has 2 aromatic rings. The molecule has 0 saturated carbocycles. The van der Waals surface area contributed by atoms with Crippen LogP contribution in [0.15, 0.2) is 22.9 Å². The van der Waals surface area contributed by atoms with Crippen molar-refractivity contribution in [3.8, 4) is 10.6 Å². The van der Waals surface area contributed by atoms with Crippen LogP contribution in [0.25, 0.3) is 10.6 Å². The predicted octanol–water partition coefficient (Wildman–Crippen LogP) is 2.63. The molecule has 0 unspecified atom stereocenters. The zero-order chi connectivity index (χ0) is 11.6. The molecule has 7 heteroatoms. The maximum absolute atomic E-state index is 11.3. The largest absolute Gasteiger partial charge is 0.259 e. The number of hydrogen-bond acceptors (Lipinski definition) is 5. The van der Waals surface area contributed by atoms with Gasteiger partial charge in [0.2, 0.25) is 10.0 Å². The first-order valence-electron chi connectivity index (χ1n) is 4.60. The number of thiophene rings is 1. The third-order valence-corrected chi connectivity index (χ3v) is 4.94. The Morgan fingerprint density at radius 2 is 2.25 bits per heavy atom. The van der Waals surface area contributed by atoms with E-state index >= 15 is 0 Å². The zero-order valence-corrected chi connectivity index (χ0v) is 11.0. The molecule has 0 radical (unpaired) electrons. The van der Waals surface area contributed by atoms with Crippen molar-refractivity contribution >= 4 is 37.8 Å². The second-order valence-corrected chi connectivity index (χ2v) is 6.84. The van der Waals surface area contributed by atoms with E-state index in [1.165, 1.54) is 11.3 Å². The molecule has 0 saturated heterocycles. The number of sulfonamides is 1. The Morgan fingerprint density at radius 3 is 2.88 bits per heavy atom. The van der Waals surface area contributed by atoms with Gasteiger partial charge >= 0.3 is 0 Å². The fraction of sp³-hybridized carbons (Fsp3) is 0.222. The molecular formula is C9H10N2O2S3. The molecule has 2 aromatic heterocycles. The minimum Gasteiger partial charge on any atom is -0.259 e. The summed E-state index contributed by atoms with van der Waals surface area (Å²) in [5.41, 5.74) is 0.814. The summed E-state index contributed by atoms with van der Waals surface area (Å²) in [5.74, 6) is 0.0565. The summed E-state index contributed by atoms with van der Waals surface area (Å²) in [4.78, 5) is 5.26. The minimum atomic E-state index is -3.23. The number of anilines is 1. The fourth-order valence-corrected chi connectivity index (χ4v) is 3.41. The molecule has 86 valence electrons. The van der Waals surface area contributed by atoms with E-state index in [1.807, 2.05) is 22.9 Å². The van der Waals surface area contributed by atoms with Gasteiger partial charge in [-0.25, -0.2) is 13.4 Å². The molecule has 0 spiro atoms. The van der Waals surface area contributed by atoms with Gasteiger partial charge in [-0.15, -0.1) is 22.7 Å². The monoisotopic (exact) mass is 274 g/mol. The third kappa shape index (κ3) is 2.60. The van der Waals surface area contributed by atoms with Gasteiger partial charge in [0, 0.05) is 5.38 Å². The molecule has 0 aliphatic rings. The molecule has 0 amide bonds. The number of nitrogens with one attached hydrogen (secondary N) is 1. The molecular weight excluding hydrogens is 264 g/mol. The third-order valence-electron chi connectivity index (χ3n) is 1.90. The van der Waals surface area contributed by atoms with Gasteiger partial charge in [0.05, 0.1) is 16.3 Å². The Labute approximate surface area is 102 Å². The summed E-state index contributed by atoms with van der Waals surface area (Å²) >= 11 is 2.88. The van der Waals surface area contributed by atoms with Crippen LogP contribution in [-0.2, 0) is 10.0 Å². The molecule has 0 aliphatic heterocycles. The van der Waals surface area contributed by atoms with E-state index in [0.717, 1.165) is 10.6 Å². The SMILES string of the molecule is CCS(=O)(=O)Nc1nc(-c2cccs2)cs1. The average molecular weight is 274 g/mol. The van der Waals surface area contributed by atoms with Crippen molar-refractivity contribution in [3.05, 3.63) is 22.9 Å². The molecule has 16 heavy (non-hydrogen) atoms. The summed E-state index contributed by atoms with van der Waals surface area (Å²) in [6.07, 6.45) is 0. The number of thiazole rings is 1. The maximum Gasteiger partial charge on any atom is 0.234 e. The highest BCUT2D eigenvalue weighted by Gasteiger charge is 2.11. The highest BCUT2D eigenvalue weighted by Crippen LogP contribution is 2.28. The number of rotatable bonds is 4. The van der Waals surface area contributed by atoms with Crippen LogP contribution in [0.5, 0.6) is 0 Å². The van der Waals surface area contributed by atoms with Gasteiger partial charge in [-0.05, 0) is 18.4 Å². The smallest absolute Gasteiger partial charge is 0.234 e. The Hall–Kier alpha value is -0.920. The standard InChI is InChI=1S/C9H10N2O2S3/c1-2-16(12,13)11-9-10-7(6-15-9)8-4-3-5-14-8/h3-6H,2H2,1H3,(H,10,11). The molecule has 2 rings (SSSR count). The highest BCUT2D eigenvalue weighted by molar-refractivity contribution is 7.92. The molecule has 4 nitrogen and oxygen atoms in total. The van der Waals surface area contributed by atoms with Gasteiger partial charge in [-0.2, -0.15) is 0 Å². The topological polar surface area (TPSA) is 59.1 Å². The maximum atomic E-state index is 11.3. The number of hydrogen-bond donors (Lipinski definition) is 1. The van der Waals surface area contributed by atoms with Gasteiger partial charge in [-0.1, -0.05) is 6.07 Å². The average Bonchev–Trinajstić information content (AvgIpc) is 2.86. The molecule has 0 fully saturated rings. The lowest BCUT2D eigenvalue weighted by atomic mass is 10.4. The molecule has 0 bridgehead atoms. The quantitative estimate of drug-likeness (QED) is 0.932. The van der Waals surface area contributed by atoms with Crippen molar-refractivity contribution in [1.82, 2.24) is 4.98 Å².